The fourth-order valence-corrected chi connectivity index (χ4v) is 5.88. The lowest BCUT2D eigenvalue weighted by Crippen LogP contribution is -2.40. The van der Waals surface area contributed by atoms with Crippen LogP contribution in [0, 0.1) is 0 Å². The Morgan fingerprint density at radius 3 is 1.50 bits per heavy atom. The summed E-state index contributed by atoms with van der Waals surface area (Å²) in [6.07, 6.45) is 57.5. The van der Waals surface area contributed by atoms with Gasteiger partial charge in [0, 0.05) is 12.8 Å². The number of carbonyl (C=O) groups excluding carboxylic acids is 2. The van der Waals surface area contributed by atoms with Gasteiger partial charge in [-0.05, 0) is 115 Å². The average molecular weight is 777 g/mol. The number of unbranched alkanes of at least 4 members (excludes halogenated alkanes) is 10. The van der Waals surface area contributed by atoms with E-state index in [9.17, 15) is 19.5 Å². The van der Waals surface area contributed by atoms with Crippen LogP contribution in [0.2, 0.25) is 0 Å². The molecule has 0 aromatic carbocycles. The summed E-state index contributed by atoms with van der Waals surface area (Å²) in [5.74, 6) is -1.36. The molecule has 1 amide bonds. The molecular formula is C49H80N2O5. The average Bonchev–Trinajstić information content (AvgIpc) is 3.18. The normalized spacial score (nSPS) is 13.6. The van der Waals surface area contributed by atoms with Crippen molar-refractivity contribution in [2.45, 2.75) is 187 Å². The molecule has 0 spiro atoms. The molecule has 2 unspecified atom stereocenters. The van der Waals surface area contributed by atoms with Crippen molar-refractivity contribution in [2.24, 2.45) is 5.73 Å². The van der Waals surface area contributed by atoms with Gasteiger partial charge in [-0.2, -0.15) is 0 Å². The summed E-state index contributed by atoms with van der Waals surface area (Å²) in [5, 5.41) is 11.9. The molecular weight excluding hydrogens is 697 g/mol. The van der Waals surface area contributed by atoms with E-state index in [0.717, 1.165) is 116 Å². The number of amides is 1. The Morgan fingerprint density at radius 1 is 0.536 bits per heavy atom. The van der Waals surface area contributed by atoms with Crippen LogP contribution in [0.1, 0.15) is 174 Å². The highest BCUT2D eigenvalue weighted by molar-refractivity contribution is 5.83. The van der Waals surface area contributed by atoms with E-state index in [1.165, 1.54) is 19.3 Å². The fourth-order valence-electron chi connectivity index (χ4n) is 5.88. The van der Waals surface area contributed by atoms with Crippen molar-refractivity contribution in [3.63, 3.8) is 0 Å². The Hall–Kier alpha value is -3.71. The first-order chi connectivity index (χ1) is 27.4. The molecule has 0 aliphatic carbocycles. The van der Waals surface area contributed by atoms with E-state index in [0.29, 0.717) is 32.2 Å². The third-order valence-corrected chi connectivity index (χ3v) is 9.13. The monoisotopic (exact) mass is 777 g/mol. The van der Waals surface area contributed by atoms with Crippen molar-refractivity contribution >= 4 is 17.8 Å². The number of ether oxygens (including phenoxy) is 1. The summed E-state index contributed by atoms with van der Waals surface area (Å²) in [5.41, 5.74) is 5.48. The Morgan fingerprint density at radius 2 is 0.982 bits per heavy atom. The van der Waals surface area contributed by atoms with E-state index < -0.39 is 12.0 Å². The zero-order chi connectivity index (χ0) is 41.0. The standard InChI is InChI=1S/C49H80N2O5/c1-3-5-7-9-11-13-15-16-17-18-19-20-21-22-24-26-28-33-37-43-48(53)56-45(39-34-30-27-25-23-14-12-10-8-6-4-2)40-35-31-29-32-36-42-47(52)51-46(49(54)55)41-38-44-50/h5-8,11-14,16-17,19-20,25,27,34,39,45-46H,3-4,9-10,15,18,21-24,26,28-33,35-38,40-44,50H2,1-2H3,(H,51,52)(H,54,55)/b7-5-,8-6-,13-11-,14-12-,17-16-,20-19-,27-25-,39-34-. The van der Waals surface area contributed by atoms with Crippen molar-refractivity contribution in [2.75, 3.05) is 6.54 Å². The zero-order valence-electron chi connectivity index (χ0n) is 35.4. The molecule has 0 saturated carbocycles. The number of nitrogens with two attached hydrogens (primary N) is 1. The van der Waals surface area contributed by atoms with Gasteiger partial charge in [0.2, 0.25) is 5.91 Å². The summed E-state index contributed by atoms with van der Waals surface area (Å²) in [6.45, 7) is 4.69. The first-order valence-corrected chi connectivity index (χ1v) is 22.1. The molecule has 0 saturated heterocycles. The van der Waals surface area contributed by atoms with Crippen LogP contribution in [-0.4, -0.2) is 41.6 Å². The van der Waals surface area contributed by atoms with Crippen LogP contribution in [0.15, 0.2) is 97.2 Å². The number of esters is 1. The van der Waals surface area contributed by atoms with Gasteiger partial charge in [0.15, 0.2) is 0 Å². The first kappa shape index (κ1) is 52.3. The molecule has 0 fully saturated rings. The van der Waals surface area contributed by atoms with E-state index in [4.69, 9.17) is 10.5 Å². The number of carboxylic acid groups (broad SMARTS) is 1. The Kier molecular flexibility index (Phi) is 39.6. The number of nitrogens with one attached hydrogen (secondary N) is 1. The van der Waals surface area contributed by atoms with Crippen molar-refractivity contribution in [1.29, 1.82) is 0 Å². The number of rotatable bonds is 38. The van der Waals surface area contributed by atoms with Crippen molar-refractivity contribution in [3.05, 3.63) is 97.2 Å². The second-order valence-corrected chi connectivity index (χ2v) is 14.3. The maximum absolute atomic E-state index is 12.8. The fraction of sp³-hybridized carbons (Fsp3) is 0.612. The second-order valence-electron chi connectivity index (χ2n) is 14.3. The molecule has 0 radical (unpaired) electrons. The van der Waals surface area contributed by atoms with Gasteiger partial charge in [-0.25, -0.2) is 4.79 Å². The number of aliphatic carboxylic acids is 1. The van der Waals surface area contributed by atoms with Crippen LogP contribution in [0.5, 0.6) is 0 Å². The van der Waals surface area contributed by atoms with E-state index in [1.54, 1.807) is 0 Å². The van der Waals surface area contributed by atoms with Gasteiger partial charge in [-0.1, -0.05) is 150 Å². The van der Waals surface area contributed by atoms with Crippen molar-refractivity contribution in [1.82, 2.24) is 5.32 Å². The molecule has 2 atom stereocenters. The molecule has 0 bridgehead atoms. The van der Waals surface area contributed by atoms with Gasteiger partial charge in [0.05, 0.1) is 0 Å². The van der Waals surface area contributed by atoms with E-state index >= 15 is 0 Å². The molecule has 7 heteroatoms. The molecule has 0 aliphatic heterocycles. The van der Waals surface area contributed by atoms with E-state index in [2.05, 4.69) is 110 Å². The predicted octanol–water partition coefficient (Wildman–Crippen LogP) is 12.7. The molecule has 0 aromatic rings. The quantitative estimate of drug-likeness (QED) is 0.0326. The van der Waals surface area contributed by atoms with Gasteiger partial charge in [0.1, 0.15) is 12.1 Å². The van der Waals surface area contributed by atoms with Crippen molar-refractivity contribution in [3.8, 4) is 0 Å². The minimum Gasteiger partial charge on any atom is -0.480 e. The van der Waals surface area contributed by atoms with Crippen LogP contribution in [0.25, 0.3) is 0 Å². The lowest BCUT2D eigenvalue weighted by Gasteiger charge is -2.15. The highest BCUT2D eigenvalue weighted by Gasteiger charge is 2.18. The van der Waals surface area contributed by atoms with Crippen LogP contribution in [0.4, 0.5) is 0 Å². The van der Waals surface area contributed by atoms with E-state index in [1.807, 2.05) is 6.08 Å². The minimum atomic E-state index is -1.02. The molecule has 0 aromatic heterocycles. The summed E-state index contributed by atoms with van der Waals surface area (Å²) in [7, 11) is 0. The molecule has 56 heavy (non-hydrogen) atoms. The third kappa shape index (κ3) is 38.6. The first-order valence-electron chi connectivity index (χ1n) is 22.1. The predicted molar refractivity (Wildman–Crippen MR) is 238 cm³/mol. The van der Waals surface area contributed by atoms with Gasteiger partial charge in [-0.3, -0.25) is 9.59 Å². The molecule has 0 rings (SSSR count). The number of allylic oxidation sites excluding steroid dienone is 15. The van der Waals surface area contributed by atoms with Gasteiger partial charge in [-0.15, -0.1) is 0 Å². The number of carbonyl (C=O) groups is 3. The zero-order valence-corrected chi connectivity index (χ0v) is 35.4. The maximum Gasteiger partial charge on any atom is 0.326 e. The summed E-state index contributed by atoms with van der Waals surface area (Å²) in [4.78, 5) is 36.4. The maximum atomic E-state index is 12.8. The number of hydrogen-bond acceptors (Lipinski definition) is 5. The smallest absolute Gasteiger partial charge is 0.326 e. The lowest BCUT2D eigenvalue weighted by molar-refractivity contribution is -0.147. The van der Waals surface area contributed by atoms with Gasteiger partial charge < -0.3 is 20.9 Å². The SMILES string of the molecule is CC/C=C\C/C=C\C/C=C\C/C=C\CCCCCCCCC(=O)OC(/C=C\C/C=C\C/C=C\C/C=C\CC)CCCCCCCC(=O)NC(CCCN)C(=O)O. The molecule has 0 heterocycles. The lowest BCUT2D eigenvalue weighted by atomic mass is 10.1. The summed E-state index contributed by atoms with van der Waals surface area (Å²) >= 11 is 0. The Bertz CT molecular complexity index is 1190. The largest absolute Gasteiger partial charge is 0.480 e. The highest BCUT2D eigenvalue weighted by Crippen LogP contribution is 2.15. The van der Waals surface area contributed by atoms with Crippen LogP contribution >= 0.6 is 0 Å². The Balaban J connectivity index is 4.43. The topological polar surface area (TPSA) is 119 Å². The summed E-state index contributed by atoms with van der Waals surface area (Å²) in [6, 6.07) is -0.874. The van der Waals surface area contributed by atoms with Crippen LogP contribution in [0.3, 0.4) is 0 Å². The summed E-state index contributed by atoms with van der Waals surface area (Å²) < 4.78 is 5.93. The minimum absolute atomic E-state index is 0.117. The highest BCUT2D eigenvalue weighted by atomic mass is 16.5. The second kappa shape index (κ2) is 42.4. The van der Waals surface area contributed by atoms with Crippen molar-refractivity contribution < 1.29 is 24.2 Å². The number of carboxylic acids is 1. The molecule has 0 aliphatic rings. The number of hydrogen-bond donors (Lipinski definition) is 3. The molecule has 4 N–H and O–H groups in total. The van der Waals surface area contributed by atoms with Gasteiger partial charge >= 0.3 is 11.9 Å². The van der Waals surface area contributed by atoms with Crippen LogP contribution in [-0.2, 0) is 19.1 Å². The van der Waals surface area contributed by atoms with Crippen LogP contribution < -0.4 is 11.1 Å². The van der Waals surface area contributed by atoms with E-state index in [-0.39, 0.29) is 18.0 Å². The molecule has 7 nitrogen and oxygen atoms in total. The molecule has 316 valence electrons. The van der Waals surface area contributed by atoms with Gasteiger partial charge in [0.25, 0.3) is 0 Å². The Labute approximate surface area is 342 Å². The third-order valence-electron chi connectivity index (χ3n) is 9.13.